The first kappa shape index (κ1) is 20.1. The van der Waals surface area contributed by atoms with Crippen LogP contribution in [0.5, 0.6) is 11.5 Å². The number of benzene rings is 1. The van der Waals surface area contributed by atoms with E-state index in [-0.39, 0.29) is 0 Å². The second-order valence-corrected chi connectivity index (χ2v) is 6.65. The van der Waals surface area contributed by atoms with E-state index in [1.807, 2.05) is 6.92 Å². The molecule has 1 heterocycles. The van der Waals surface area contributed by atoms with Crippen LogP contribution in [0.3, 0.4) is 0 Å². The first-order valence-electron chi connectivity index (χ1n) is 8.29. The van der Waals surface area contributed by atoms with Crippen molar-refractivity contribution >= 4 is 27.9 Å². The van der Waals surface area contributed by atoms with Crippen molar-refractivity contribution in [1.29, 1.82) is 0 Å². The van der Waals surface area contributed by atoms with E-state index in [1.165, 1.54) is 7.11 Å². The zero-order chi connectivity index (χ0) is 19.3. The average molecular weight is 427 g/mol. The number of nitrogens with one attached hydrogen (secondary N) is 2. The number of halogens is 1. The molecule has 2 amide bonds. The Labute approximate surface area is 161 Å². The third-order valence-corrected chi connectivity index (χ3v) is 4.61. The second-order valence-electron chi connectivity index (χ2n) is 5.79. The van der Waals surface area contributed by atoms with Gasteiger partial charge < -0.3 is 24.8 Å². The molecule has 2 N–H and O–H groups in total. The summed E-state index contributed by atoms with van der Waals surface area (Å²) in [5, 5.41) is 5.40. The Bertz CT molecular complexity index is 733. The van der Waals surface area contributed by atoms with Gasteiger partial charge >= 0.3 is 12.0 Å². The number of urea groups is 1. The van der Waals surface area contributed by atoms with Crippen LogP contribution in [0.2, 0.25) is 0 Å². The SMILES string of the molecule is CCCCOC(=O)C1=C(C)NC(=O)N[C@@H]1c1cc(OC)cc(Br)c1OC. The summed E-state index contributed by atoms with van der Waals surface area (Å²) in [6.45, 7) is 4.01. The predicted molar refractivity (Wildman–Crippen MR) is 100 cm³/mol. The molecule has 0 spiro atoms. The highest BCUT2D eigenvalue weighted by atomic mass is 79.9. The molecule has 0 unspecified atom stereocenters. The van der Waals surface area contributed by atoms with Gasteiger partial charge in [-0.25, -0.2) is 9.59 Å². The normalized spacial score (nSPS) is 16.7. The number of carbonyl (C=O) groups is 2. The van der Waals surface area contributed by atoms with Crippen molar-refractivity contribution in [1.82, 2.24) is 10.6 Å². The van der Waals surface area contributed by atoms with Crippen LogP contribution in [0.25, 0.3) is 0 Å². The molecule has 1 atom stereocenters. The van der Waals surface area contributed by atoms with Gasteiger partial charge in [0.25, 0.3) is 0 Å². The fourth-order valence-corrected chi connectivity index (χ4v) is 3.34. The van der Waals surface area contributed by atoms with Gasteiger partial charge in [0.15, 0.2) is 0 Å². The van der Waals surface area contributed by atoms with Gasteiger partial charge in [-0.3, -0.25) is 0 Å². The van der Waals surface area contributed by atoms with Gasteiger partial charge in [0, 0.05) is 11.3 Å². The van der Waals surface area contributed by atoms with Crippen molar-refractivity contribution in [2.75, 3.05) is 20.8 Å². The number of esters is 1. The molecule has 7 nitrogen and oxygen atoms in total. The van der Waals surface area contributed by atoms with Crippen molar-refractivity contribution in [3.8, 4) is 11.5 Å². The van der Waals surface area contributed by atoms with Crippen LogP contribution in [0.1, 0.15) is 38.3 Å². The summed E-state index contributed by atoms with van der Waals surface area (Å²) in [6.07, 6.45) is 1.69. The highest BCUT2D eigenvalue weighted by molar-refractivity contribution is 9.10. The molecule has 0 saturated carbocycles. The number of ether oxygens (including phenoxy) is 3. The maximum Gasteiger partial charge on any atom is 0.338 e. The summed E-state index contributed by atoms with van der Waals surface area (Å²) in [5.41, 5.74) is 1.37. The minimum absolute atomic E-state index is 0.325. The average Bonchev–Trinajstić information content (AvgIpc) is 2.60. The first-order valence-corrected chi connectivity index (χ1v) is 9.09. The maximum atomic E-state index is 12.7. The summed E-state index contributed by atoms with van der Waals surface area (Å²) in [6, 6.07) is 2.35. The number of unbranched alkanes of at least 4 members (excludes halogenated alkanes) is 1. The maximum absolute atomic E-state index is 12.7. The second kappa shape index (κ2) is 8.93. The van der Waals surface area contributed by atoms with E-state index in [4.69, 9.17) is 14.2 Å². The van der Waals surface area contributed by atoms with Gasteiger partial charge in [0.2, 0.25) is 0 Å². The number of carbonyl (C=O) groups excluding carboxylic acids is 2. The quantitative estimate of drug-likeness (QED) is 0.515. The highest BCUT2D eigenvalue weighted by Gasteiger charge is 2.34. The van der Waals surface area contributed by atoms with Crippen LogP contribution in [0.15, 0.2) is 27.9 Å². The van der Waals surface area contributed by atoms with Crippen LogP contribution in [0.4, 0.5) is 4.79 Å². The monoisotopic (exact) mass is 426 g/mol. The Balaban J connectivity index is 2.50. The lowest BCUT2D eigenvalue weighted by Gasteiger charge is -2.29. The lowest BCUT2D eigenvalue weighted by molar-refractivity contribution is -0.139. The first-order chi connectivity index (χ1) is 12.4. The van der Waals surface area contributed by atoms with Crippen LogP contribution < -0.4 is 20.1 Å². The van der Waals surface area contributed by atoms with E-state index < -0.39 is 18.0 Å². The van der Waals surface area contributed by atoms with Crippen molar-refractivity contribution < 1.29 is 23.8 Å². The van der Waals surface area contributed by atoms with E-state index >= 15 is 0 Å². The molecule has 1 aromatic rings. The van der Waals surface area contributed by atoms with Crippen molar-refractivity contribution in [3.05, 3.63) is 33.4 Å². The molecular weight excluding hydrogens is 404 g/mol. The fourth-order valence-electron chi connectivity index (χ4n) is 2.72. The molecule has 2 rings (SSSR count). The lowest BCUT2D eigenvalue weighted by Crippen LogP contribution is -2.45. The number of amides is 2. The van der Waals surface area contributed by atoms with Gasteiger partial charge in [-0.15, -0.1) is 0 Å². The molecule has 8 heteroatoms. The molecule has 0 aromatic heterocycles. The fraction of sp³-hybridized carbons (Fsp3) is 0.444. The Morgan fingerprint density at radius 1 is 1.27 bits per heavy atom. The lowest BCUT2D eigenvalue weighted by atomic mass is 9.94. The van der Waals surface area contributed by atoms with Crippen molar-refractivity contribution in [2.45, 2.75) is 32.7 Å². The number of methoxy groups -OCH3 is 2. The number of rotatable bonds is 7. The summed E-state index contributed by atoms with van der Waals surface area (Å²) in [5.74, 6) is 0.593. The summed E-state index contributed by atoms with van der Waals surface area (Å²) < 4.78 is 16.8. The van der Waals surface area contributed by atoms with Gasteiger partial charge in [-0.05, 0) is 41.4 Å². The zero-order valence-electron chi connectivity index (χ0n) is 15.3. The van der Waals surface area contributed by atoms with Gasteiger partial charge in [-0.2, -0.15) is 0 Å². The van der Waals surface area contributed by atoms with Gasteiger partial charge in [-0.1, -0.05) is 13.3 Å². The van der Waals surface area contributed by atoms with E-state index in [1.54, 1.807) is 26.2 Å². The molecule has 0 fully saturated rings. The molecule has 1 aromatic carbocycles. The third kappa shape index (κ3) is 4.30. The molecule has 0 aliphatic carbocycles. The van der Waals surface area contributed by atoms with E-state index in [0.29, 0.717) is 39.4 Å². The zero-order valence-corrected chi connectivity index (χ0v) is 16.9. The Hall–Kier alpha value is -2.22. The Morgan fingerprint density at radius 2 is 2.00 bits per heavy atom. The van der Waals surface area contributed by atoms with E-state index in [0.717, 1.165) is 12.8 Å². The number of hydrogen-bond acceptors (Lipinski definition) is 5. The Kier molecular flexibility index (Phi) is 6.90. The molecule has 142 valence electrons. The Morgan fingerprint density at radius 3 is 2.62 bits per heavy atom. The predicted octanol–water partition coefficient (Wildman–Crippen LogP) is 3.44. The van der Waals surface area contributed by atoms with E-state index in [2.05, 4.69) is 26.6 Å². The van der Waals surface area contributed by atoms with Crippen LogP contribution in [-0.2, 0) is 9.53 Å². The van der Waals surface area contributed by atoms with Gasteiger partial charge in [0.05, 0.1) is 36.9 Å². The molecule has 0 radical (unpaired) electrons. The summed E-state index contributed by atoms with van der Waals surface area (Å²) >= 11 is 3.44. The molecule has 0 bridgehead atoms. The van der Waals surface area contributed by atoms with Crippen LogP contribution >= 0.6 is 15.9 Å². The van der Waals surface area contributed by atoms with E-state index in [9.17, 15) is 9.59 Å². The molecule has 1 aliphatic rings. The minimum Gasteiger partial charge on any atom is -0.497 e. The van der Waals surface area contributed by atoms with Crippen LogP contribution in [0, 0.1) is 0 Å². The number of hydrogen-bond donors (Lipinski definition) is 2. The molecule has 0 saturated heterocycles. The smallest absolute Gasteiger partial charge is 0.338 e. The summed E-state index contributed by atoms with van der Waals surface area (Å²) in [7, 11) is 3.06. The third-order valence-electron chi connectivity index (χ3n) is 4.02. The van der Waals surface area contributed by atoms with Crippen LogP contribution in [-0.4, -0.2) is 32.8 Å². The highest BCUT2D eigenvalue weighted by Crippen LogP contribution is 2.40. The minimum atomic E-state index is -0.723. The summed E-state index contributed by atoms with van der Waals surface area (Å²) in [4.78, 5) is 24.7. The molecule has 1 aliphatic heterocycles. The van der Waals surface area contributed by atoms with Crippen molar-refractivity contribution in [2.24, 2.45) is 0 Å². The van der Waals surface area contributed by atoms with Gasteiger partial charge in [0.1, 0.15) is 11.5 Å². The number of allylic oxidation sites excluding steroid dienone is 1. The van der Waals surface area contributed by atoms with Crippen molar-refractivity contribution in [3.63, 3.8) is 0 Å². The molecule has 26 heavy (non-hydrogen) atoms. The molecular formula is C18H23BrN2O5. The standard InChI is InChI=1S/C18H23BrN2O5/c1-5-6-7-26-17(22)14-10(2)20-18(23)21-15(14)12-8-11(24-3)9-13(19)16(12)25-4/h8-9,15H,5-7H2,1-4H3,(H2,20,21,23)/t15-/m1/s1. The largest absolute Gasteiger partial charge is 0.497 e. The topological polar surface area (TPSA) is 85.9 Å².